The highest BCUT2D eigenvalue weighted by Crippen LogP contribution is 2.26. The van der Waals surface area contributed by atoms with Crippen LogP contribution in [0.1, 0.15) is 23.1 Å². The Morgan fingerprint density at radius 1 is 1.31 bits per heavy atom. The van der Waals surface area contributed by atoms with E-state index >= 15 is 0 Å². The van der Waals surface area contributed by atoms with Gasteiger partial charge in [0, 0.05) is 0 Å². The lowest BCUT2D eigenvalue weighted by molar-refractivity contribution is 1.11. The quantitative estimate of drug-likeness (QED) is 0.672. The van der Waals surface area contributed by atoms with E-state index in [1.54, 1.807) is 0 Å². The molecule has 0 radical (unpaired) electrons. The van der Waals surface area contributed by atoms with Crippen LogP contribution in [0.2, 0.25) is 0 Å². The third-order valence-corrected chi connectivity index (χ3v) is 3.32. The Morgan fingerprint density at radius 2 is 2.08 bits per heavy atom. The molecule has 1 heterocycles. The zero-order valence-corrected chi connectivity index (χ0v) is 9.03. The standard InChI is InChI=1S/C11H13NS/c1-4-10-12-11-8(3)5-7(2)6-9(11)13-10/h5-6H,4H2,1-3H3. The van der Waals surface area contributed by atoms with Crippen molar-refractivity contribution in [2.45, 2.75) is 27.2 Å². The number of aromatic nitrogens is 1. The van der Waals surface area contributed by atoms with Gasteiger partial charge in [0.1, 0.15) is 0 Å². The number of thiazole rings is 1. The van der Waals surface area contributed by atoms with Gasteiger partial charge in [0.25, 0.3) is 0 Å². The minimum absolute atomic E-state index is 1.04. The Kier molecular flexibility index (Phi) is 2.08. The zero-order valence-electron chi connectivity index (χ0n) is 8.22. The van der Waals surface area contributed by atoms with E-state index in [9.17, 15) is 0 Å². The number of rotatable bonds is 1. The number of fused-ring (bicyclic) bond motifs is 1. The van der Waals surface area contributed by atoms with Crippen LogP contribution in [0.4, 0.5) is 0 Å². The maximum absolute atomic E-state index is 4.59. The van der Waals surface area contributed by atoms with E-state index in [1.807, 2.05) is 11.3 Å². The van der Waals surface area contributed by atoms with Crippen molar-refractivity contribution in [1.82, 2.24) is 4.98 Å². The first kappa shape index (κ1) is 8.70. The lowest BCUT2D eigenvalue weighted by Crippen LogP contribution is -1.80. The lowest BCUT2D eigenvalue weighted by atomic mass is 10.1. The molecule has 0 bridgehead atoms. The Morgan fingerprint density at radius 3 is 2.77 bits per heavy atom. The first-order chi connectivity index (χ1) is 6.20. The van der Waals surface area contributed by atoms with Gasteiger partial charge in [-0.05, 0) is 37.5 Å². The van der Waals surface area contributed by atoms with Gasteiger partial charge in [0.05, 0.1) is 15.2 Å². The molecule has 0 aliphatic rings. The van der Waals surface area contributed by atoms with Gasteiger partial charge in [-0.2, -0.15) is 0 Å². The molecule has 0 atom stereocenters. The summed E-state index contributed by atoms with van der Waals surface area (Å²) in [5, 5.41) is 1.24. The van der Waals surface area contributed by atoms with Crippen LogP contribution in [0.5, 0.6) is 0 Å². The lowest BCUT2D eigenvalue weighted by Gasteiger charge is -1.95. The van der Waals surface area contributed by atoms with Crippen LogP contribution in [0.3, 0.4) is 0 Å². The summed E-state index contributed by atoms with van der Waals surface area (Å²) in [6.07, 6.45) is 1.04. The molecule has 0 saturated carbocycles. The van der Waals surface area contributed by atoms with E-state index in [0.717, 1.165) is 6.42 Å². The molecule has 1 aromatic carbocycles. The molecule has 0 saturated heterocycles. The Labute approximate surface area is 82.4 Å². The molecule has 2 heteroatoms. The van der Waals surface area contributed by atoms with Gasteiger partial charge >= 0.3 is 0 Å². The molecule has 0 N–H and O–H groups in total. The molecule has 68 valence electrons. The molecular formula is C11H13NS. The molecule has 1 nitrogen and oxygen atoms in total. The van der Waals surface area contributed by atoms with Crippen LogP contribution in [-0.4, -0.2) is 4.98 Å². The maximum Gasteiger partial charge on any atom is 0.0935 e. The van der Waals surface area contributed by atoms with Crippen molar-refractivity contribution in [2.75, 3.05) is 0 Å². The van der Waals surface area contributed by atoms with Crippen LogP contribution in [-0.2, 0) is 6.42 Å². The predicted molar refractivity (Wildman–Crippen MR) is 58.5 cm³/mol. The Bertz CT molecular complexity index is 443. The fourth-order valence-electron chi connectivity index (χ4n) is 1.57. The third kappa shape index (κ3) is 1.46. The van der Waals surface area contributed by atoms with Crippen molar-refractivity contribution in [1.29, 1.82) is 0 Å². The van der Waals surface area contributed by atoms with Gasteiger partial charge in [0.15, 0.2) is 0 Å². The summed E-state index contributed by atoms with van der Waals surface area (Å²) >= 11 is 1.81. The van der Waals surface area contributed by atoms with Crippen molar-refractivity contribution < 1.29 is 0 Å². The summed E-state index contributed by atoms with van der Waals surface area (Å²) in [7, 11) is 0. The molecular weight excluding hydrogens is 178 g/mol. The normalized spacial score (nSPS) is 11.0. The highest BCUT2D eigenvalue weighted by Gasteiger charge is 2.04. The summed E-state index contributed by atoms with van der Waals surface area (Å²) in [5.74, 6) is 0. The second-order valence-electron chi connectivity index (χ2n) is 3.39. The molecule has 0 spiro atoms. The van der Waals surface area contributed by atoms with Crippen molar-refractivity contribution in [2.24, 2.45) is 0 Å². The topological polar surface area (TPSA) is 12.9 Å². The minimum Gasteiger partial charge on any atom is -0.241 e. The second kappa shape index (κ2) is 3.11. The van der Waals surface area contributed by atoms with Gasteiger partial charge in [-0.1, -0.05) is 13.0 Å². The van der Waals surface area contributed by atoms with E-state index in [0.29, 0.717) is 0 Å². The first-order valence-corrected chi connectivity index (χ1v) is 5.39. The zero-order chi connectivity index (χ0) is 9.42. The van der Waals surface area contributed by atoms with Crippen molar-refractivity contribution in [3.8, 4) is 0 Å². The van der Waals surface area contributed by atoms with Crippen LogP contribution in [0.15, 0.2) is 12.1 Å². The van der Waals surface area contributed by atoms with Gasteiger partial charge in [0.2, 0.25) is 0 Å². The minimum atomic E-state index is 1.04. The fraction of sp³-hybridized carbons (Fsp3) is 0.364. The smallest absolute Gasteiger partial charge is 0.0935 e. The molecule has 0 amide bonds. The number of benzene rings is 1. The summed E-state index contributed by atoms with van der Waals surface area (Å²) in [6, 6.07) is 4.42. The van der Waals surface area contributed by atoms with Crippen molar-refractivity contribution in [3.63, 3.8) is 0 Å². The summed E-state index contributed by atoms with van der Waals surface area (Å²) in [4.78, 5) is 4.59. The molecule has 0 unspecified atom stereocenters. The van der Waals surface area contributed by atoms with Crippen molar-refractivity contribution >= 4 is 21.6 Å². The summed E-state index contributed by atoms with van der Waals surface area (Å²) in [6.45, 7) is 6.42. The number of hydrogen-bond donors (Lipinski definition) is 0. The summed E-state index contributed by atoms with van der Waals surface area (Å²) in [5.41, 5.74) is 3.81. The van der Waals surface area contributed by atoms with Crippen LogP contribution < -0.4 is 0 Å². The highest BCUT2D eigenvalue weighted by molar-refractivity contribution is 7.18. The van der Waals surface area contributed by atoms with Crippen LogP contribution in [0.25, 0.3) is 10.2 Å². The molecule has 0 fully saturated rings. The van der Waals surface area contributed by atoms with Gasteiger partial charge in [-0.25, -0.2) is 4.98 Å². The average molecular weight is 191 g/mol. The number of aryl methyl sites for hydroxylation is 3. The fourth-order valence-corrected chi connectivity index (χ4v) is 2.65. The van der Waals surface area contributed by atoms with E-state index in [2.05, 4.69) is 37.9 Å². The van der Waals surface area contributed by atoms with E-state index in [-0.39, 0.29) is 0 Å². The highest BCUT2D eigenvalue weighted by atomic mass is 32.1. The molecule has 2 rings (SSSR count). The van der Waals surface area contributed by atoms with E-state index in [1.165, 1.54) is 26.4 Å². The molecule has 2 aromatic rings. The largest absolute Gasteiger partial charge is 0.241 e. The van der Waals surface area contributed by atoms with Crippen molar-refractivity contribution in [3.05, 3.63) is 28.3 Å². The third-order valence-electron chi connectivity index (χ3n) is 2.18. The van der Waals surface area contributed by atoms with Gasteiger partial charge in [-0.15, -0.1) is 11.3 Å². The van der Waals surface area contributed by atoms with Crippen LogP contribution >= 0.6 is 11.3 Å². The number of hydrogen-bond acceptors (Lipinski definition) is 2. The predicted octanol–water partition coefficient (Wildman–Crippen LogP) is 3.48. The molecule has 0 aliphatic heterocycles. The maximum atomic E-state index is 4.59. The molecule has 1 aromatic heterocycles. The second-order valence-corrected chi connectivity index (χ2v) is 4.50. The Hall–Kier alpha value is -0.890. The van der Waals surface area contributed by atoms with Gasteiger partial charge < -0.3 is 0 Å². The molecule has 13 heavy (non-hydrogen) atoms. The number of nitrogens with zero attached hydrogens (tertiary/aromatic N) is 1. The molecule has 0 aliphatic carbocycles. The van der Waals surface area contributed by atoms with E-state index in [4.69, 9.17) is 0 Å². The van der Waals surface area contributed by atoms with E-state index < -0.39 is 0 Å². The average Bonchev–Trinajstić information content (AvgIpc) is 2.47. The SMILES string of the molecule is CCc1nc2c(C)cc(C)cc2s1. The van der Waals surface area contributed by atoms with Crippen LogP contribution in [0, 0.1) is 13.8 Å². The monoisotopic (exact) mass is 191 g/mol. The van der Waals surface area contributed by atoms with Gasteiger partial charge in [-0.3, -0.25) is 0 Å². The Balaban J connectivity index is 2.75. The summed E-state index contributed by atoms with van der Waals surface area (Å²) < 4.78 is 1.33. The first-order valence-electron chi connectivity index (χ1n) is 4.57.